The lowest BCUT2D eigenvalue weighted by Gasteiger charge is -2.14. The highest BCUT2D eigenvalue weighted by Crippen LogP contribution is 2.10. The predicted molar refractivity (Wildman–Crippen MR) is 69.5 cm³/mol. The molecule has 0 saturated carbocycles. The Hall–Kier alpha value is -1.13. The van der Waals surface area contributed by atoms with Crippen molar-refractivity contribution < 1.29 is 4.79 Å². The monoisotopic (exact) mass is 255 g/mol. The number of rotatable bonds is 5. The zero-order chi connectivity index (χ0) is 12.8. The highest BCUT2D eigenvalue weighted by atomic mass is 35.5. The van der Waals surface area contributed by atoms with Gasteiger partial charge in [0.1, 0.15) is 5.15 Å². The molecule has 1 aromatic heterocycles. The second-order valence-corrected chi connectivity index (χ2v) is 4.36. The molecular formula is C12H18ClN3O. The summed E-state index contributed by atoms with van der Waals surface area (Å²) in [6.07, 6.45) is 0. The number of halogens is 1. The molecule has 17 heavy (non-hydrogen) atoms. The van der Waals surface area contributed by atoms with Crippen LogP contribution in [0.25, 0.3) is 0 Å². The summed E-state index contributed by atoms with van der Waals surface area (Å²) in [6.45, 7) is 6.32. The summed E-state index contributed by atoms with van der Waals surface area (Å²) in [5.41, 5.74) is 1.30. The van der Waals surface area contributed by atoms with Crippen molar-refractivity contribution in [2.24, 2.45) is 0 Å². The van der Waals surface area contributed by atoms with Crippen LogP contribution in [0.15, 0.2) is 12.1 Å². The van der Waals surface area contributed by atoms with Crippen LogP contribution in [0.4, 0.5) is 0 Å². The number of hydrogen-bond donors (Lipinski definition) is 1. The van der Waals surface area contributed by atoms with E-state index < -0.39 is 0 Å². The Bertz CT molecular complexity index is 375. The van der Waals surface area contributed by atoms with E-state index in [0.717, 1.165) is 18.8 Å². The van der Waals surface area contributed by atoms with Gasteiger partial charge < -0.3 is 10.2 Å². The molecule has 0 unspecified atom stereocenters. The number of carbonyl (C=O) groups is 1. The number of amides is 1. The van der Waals surface area contributed by atoms with E-state index >= 15 is 0 Å². The largest absolute Gasteiger partial charge is 0.351 e. The van der Waals surface area contributed by atoms with Crippen LogP contribution in [0.5, 0.6) is 0 Å². The molecule has 0 aliphatic rings. The first-order valence-corrected chi connectivity index (χ1v) is 6.01. The van der Waals surface area contributed by atoms with Gasteiger partial charge in [-0.25, -0.2) is 4.98 Å². The Labute approximate surface area is 107 Å². The Morgan fingerprint density at radius 2 is 2.24 bits per heavy atom. The van der Waals surface area contributed by atoms with Gasteiger partial charge in [0, 0.05) is 24.3 Å². The molecule has 1 aromatic rings. The van der Waals surface area contributed by atoms with Gasteiger partial charge in [-0.05, 0) is 32.6 Å². The van der Waals surface area contributed by atoms with Crippen molar-refractivity contribution in [3.63, 3.8) is 0 Å². The summed E-state index contributed by atoms with van der Waals surface area (Å²) in [4.78, 5) is 17.9. The molecule has 94 valence electrons. The van der Waals surface area contributed by atoms with Crippen LogP contribution in [0.3, 0.4) is 0 Å². The van der Waals surface area contributed by atoms with Gasteiger partial charge in [-0.1, -0.05) is 18.5 Å². The minimum Gasteiger partial charge on any atom is -0.351 e. The van der Waals surface area contributed by atoms with Crippen LogP contribution in [0, 0.1) is 6.92 Å². The average Bonchev–Trinajstić information content (AvgIpc) is 2.27. The maximum Gasteiger partial charge on any atom is 0.251 e. The summed E-state index contributed by atoms with van der Waals surface area (Å²) in [5.74, 6) is -0.109. The van der Waals surface area contributed by atoms with E-state index in [1.54, 1.807) is 12.1 Å². The number of hydrogen-bond acceptors (Lipinski definition) is 3. The summed E-state index contributed by atoms with van der Waals surface area (Å²) >= 11 is 5.80. The molecule has 0 saturated heterocycles. The number of nitrogens with one attached hydrogen (secondary N) is 1. The van der Waals surface area contributed by atoms with Gasteiger partial charge in [-0.2, -0.15) is 0 Å². The summed E-state index contributed by atoms with van der Waals surface area (Å²) in [6, 6.07) is 3.30. The number of aromatic nitrogens is 1. The van der Waals surface area contributed by atoms with E-state index in [1.165, 1.54) is 0 Å². The quantitative estimate of drug-likeness (QED) is 0.815. The molecule has 0 aromatic carbocycles. The highest BCUT2D eigenvalue weighted by Gasteiger charge is 2.07. The standard InChI is InChI=1S/C12H18ClN3O/c1-4-16(3)6-5-14-12(17)10-7-9(2)15-11(13)8-10/h7-8H,4-6H2,1-3H3,(H,14,17). The van der Waals surface area contributed by atoms with Crippen molar-refractivity contribution in [1.82, 2.24) is 15.2 Å². The number of nitrogens with zero attached hydrogens (tertiary/aromatic N) is 2. The lowest BCUT2D eigenvalue weighted by molar-refractivity contribution is 0.0950. The van der Waals surface area contributed by atoms with Gasteiger partial charge in [0.2, 0.25) is 0 Å². The molecule has 0 radical (unpaired) electrons. The summed E-state index contributed by atoms with van der Waals surface area (Å²) in [5, 5.41) is 3.20. The van der Waals surface area contributed by atoms with Crippen molar-refractivity contribution in [2.45, 2.75) is 13.8 Å². The van der Waals surface area contributed by atoms with Crippen LogP contribution >= 0.6 is 11.6 Å². The molecule has 0 aliphatic heterocycles. The number of aryl methyl sites for hydroxylation is 1. The molecule has 0 aliphatic carbocycles. The maximum absolute atomic E-state index is 11.8. The third-order valence-corrected chi connectivity index (χ3v) is 2.70. The van der Waals surface area contributed by atoms with E-state index in [9.17, 15) is 4.79 Å². The lowest BCUT2D eigenvalue weighted by atomic mass is 10.2. The predicted octanol–water partition coefficient (Wildman–Crippen LogP) is 1.72. The third-order valence-electron chi connectivity index (χ3n) is 2.50. The minimum absolute atomic E-state index is 0.109. The fraction of sp³-hybridized carbons (Fsp3) is 0.500. The summed E-state index contributed by atoms with van der Waals surface area (Å²) in [7, 11) is 2.01. The fourth-order valence-corrected chi connectivity index (χ4v) is 1.63. The zero-order valence-corrected chi connectivity index (χ0v) is 11.2. The Kier molecular flexibility index (Phi) is 5.38. The normalized spacial score (nSPS) is 10.6. The van der Waals surface area contributed by atoms with E-state index in [2.05, 4.69) is 22.1 Å². The average molecular weight is 256 g/mol. The SMILES string of the molecule is CCN(C)CCNC(=O)c1cc(C)nc(Cl)c1. The van der Waals surface area contributed by atoms with Crippen molar-refractivity contribution in [3.05, 3.63) is 28.5 Å². The number of likely N-dealkylation sites (N-methyl/N-ethyl adjacent to an activating group) is 1. The Balaban J connectivity index is 2.52. The van der Waals surface area contributed by atoms with Gasteiger partial charge >= 0.3 is 0 Å². The first-order valence-electron chi connectivity index (χ1n) is 5.64. The van der Waals surface area contributed by atoms with E-state index in [4.69, 9.17) is 11.6 Å². The van der Waals surface area contributed by atoms with Crippen LogP contribution in [-0.2, 0) is 0 Å². The van der Waals surface area contributed by atoms with Crippen molar-refractivity contribution in [1.29, 1.82) is 0 Å². The number of carbonyl (C=O) groups excluding carboxylic acids is 1. The minimum atomic E-state index is -0.109. The summed E-state index contributed by atoms with van der Waals surface area (Å²) < 4.78 is 0. The van der Waals surface area contributed by atoms with Crippen LogP contribution in [-0.4, -0.2) is 42.5 Å². The van der Waals surface area contributed by atoms with Crippen molar-refractivity contribution >= 4 is 17.5 Å². The van der Waals surface area contributed by atoms with Crippen LogP contribution in [0.1, 0.15) is 23.0 Å². The molecule has 0 fully saturated rings. The second kappa shape index (κ2) is 6.57. The molecule has 1 rings (SSSR count). The molecule has 0 atom stereocenters. The van der Waals surface area contributed by atoms with Gasteiger partial charge in [0.25, 0.3) is 5.91 Å². The highest BCUT2D eigenvalue weighted by molar-refractivity contribution is 6.29. The molecule has 1 N–H and O–H groups in total. The maximum atomic E-state index is 11.8. The van der Waals surface area contributed by atoms with E-state index in [1.807, 2.05) is 14.0 Å². The third kappa shape index (κ3) is 4.71. The molecule has 4 nitrogen and oxygen atoms in total. The van der Waals surface area contributed by atoms with Crippen molar-refractivity contribution in [2.75, 3.05) is 26.7 Å². The smallest absolute Gasteiger partial charge is 0.251 e. The zero-order valence-electron chi connectivity index (χ0n) is 10.5. The molecule has 0 spiro atoms. The Morgan fingerprint density at radius 3 is 2.82 bits per heavy atom. The molecule has 1 amide bonds. The van der Waals surface area contributed by atoms with Crippen LogP contribution < -0.4 is 5.32 Å². The molecular weight excluding hydrogens is 238 g/mol. The second-order valence-electron chi connectivity index (χ2n) is 3.97. The molecule has 0 bridgehead atoms. The first kappa shape index (κ1) is 13.9. The van der Waals surface area contributed by atoms with E-state index in [-0.39, 0.29) is 5.91 Å². The van der Waals surface area contributed by atoms with Gasteiger partial charge in [-0.15, -0.1) is 0 Å². The molecule has 1 heterocycles. The van der Waals surface area contributed by atoms with Gasteiger partial charge in [0.15, 0.2) is 0 Å². The first-order chi connectivity index (χ1) is 8.02. The fourth-order valence-electron chi connectivity index (χ4n) is 1.38. The van der Waals surface area contributed by atoms with Crippen LogP contribution in [0.2, 0.25) is 5.15 Å². The number of pyridine rings is 1. The Morgan fingerprint density at radius 1 is 1.53 bits per heavy atom. The lowest BCUT2D eigenvalue weighted by Crippen LogP contribution is -2.32. The molecule has 5 heteroatoms. The van der Waals surface area contributed by atoms with E-state index in [0.29, 0.717) is 17.3 Å². The van der Waals surface area contributed by atoms with Gasteiger partial charge in [-0.3, -0.25) is 4.79 Å². The topological polar surface area (TPSA) is 45.2 Å². The van der Waals surface area contributed by atoms with Crippen molar-refractivity contribution in [3.8, 4) is 0 Å². The van der Waals surface area contributed by atoms with Gasteiger partial charge in [0.05, 0.1) is 0 Å².